The molecule has 9 nitrogen and oxygen atoms in total. The number of rotatable bonds is 9. The molecule has 3 aromatic carbocycles. The molecule has 4 aromatic rings. The molecule has 0 fully saturated rings. The van der Waals surface area contributed by atoms with Gasteiger partial charge < -0.3 is 24.8 Å². The standard InChI is InChI=1S/C35H27N5O4S2/c1-3-4-5-6-7-8-12-20-38-30-19-18-28(22-29(30)32(43-2)23-31(38)33(41)42)44-24-36-25-14-13-17-27(21-25)39-34(45)37-40(35(39)46)26-15-10-9-11-16-26/h1,9-11,13-19,21-22,31-32,36H,20,23-24H2,2H3,(H,37,45)(H,41,42). The summed E-state index contributed by atoms with van der Waals surface area (Å²) >= 11 is 11.3. The van der Waals surface area contributed by atoms with Gasteiger partial charge in [0.2, 0.25) is 4.77 Å². The average Bonchev–Trinajstić information content (AvgIpc) is 3.37. The number of terminal acetylenes is 1. The van der Waals surface area contributed by atoms with Gasteiger partial charge in [-0.3, -0.25) is 9.67 Å². The Balaban J connectivity index is 1.31. The van der Waals surface area contributed by atoms with Crippen molar-refractivity contribution in [2.75, 3.05) is 30.6 Å². The maximum atomic E-state index is 12.1. The van der Waals surface area contributed by atoms with Crippen molar-refractivity contribution in [2.24, 2.45) is 0 Å². The van der Waals surface area contributed by atoms with Crippen molar-refractivity contribution in [1.29, 1.82) is 0 Å². The van der Waals surface area contributed by atoms with Gasteiger partial charge in [0.1, 0.15) is 11.8 Å². The van der Waals surface area contributed by atoms with E-state index in [2.05, 4.69) is 51.9 Å². The maximum absolute atomic E-state index is 12.1. The van der Waals surface area contributed by atoms with Crippen molar-refractivity contribution in [3.8, 4) is 65.0 Å². The summed E-state index contributed by atoms with van der Waals surface area (Å²) in [5.41, 5.74) is 3.98. The number of hydrogen-bond acceptors (Lipinski definition) is 7. The van der Waals surface area contributed by atoms with Crippen LogP contribution in [0.15, 0.2) is 72.8 Å². The molecule has 2 unspecified atom stereocenters. The van der Waals surface area contributed by atoms with E-state index >= 15 is 0 Å². The van der Waals surface area contributed by atoms with E-state index in [-0.39, 0.29) is 19.7 Å². The van der Waals surface area contributed by atoms with E-state index in [0.29, 0.717) is 21.0 Å². The molecule has 11 heteroatoms. The number of hydrogen-bond donors (Lipinski definition) is 3. The van der Waals surface area contributed by atoms with E-state index in [4.69, 9.17) is 40.3 Å². The Morgan fingerprint density at radius 1 is 1.02 bits per heavy atom. The fourth-order valence-corrected chi connectivity index (χ4v) is 5.72. The van der Waals surface area contributed by atoms with E-state index in [1.807, 2.05) is 66.7 Å². The molecule has 0 saturated heterocycles. The highest BCUT2D eigenvalue weighted by atomic mass is 32.1. The lowest BCUT2D eigenvalue weighted by molar-refractivity contribution is -0.139. The molecule has 0 amide bonds. The minimum absolute atomic E-state index is 0.151. The number of ether oxygens (including phenoxy) is 2. The van der Waals surface area contributed by atoms with Crippen LogP contribution in [0.1, 0.15) is 18.1 Å². The molecule has 0 spiro atoms. The van der Waals surface area contributed by atoms with E-state index < -0.39 is 18.1 Å². The molecule has 1 aliphatic heterocycles. The number of aliphatic carboxylic acids is 1. The van der Waals surface area contributed by atoms with E-state index in [1.54, 1.807) is 27.3 Å². The van der Waals surface area contributed by atoms with Crippen LogP contribution in [-0.4, -0.2) is 51.9 Å². The van der Waals surface area contributed by atoms with Crippen LogP contribution in [0, 0.1) is 57.4 Å². The SMILES string of the molecule is C#CC#CC#CC#CCN1c2ccc(OCNc3cccc(-n4c(=S)[nH]n(-c5ccccc5)c4=S)c3)cc2C(OC)CC1C(=O)O. The summed E-state index contributed by atoms with van der Waals surface area (Å²) in [7, 11) is 1.56. The molecule has 1 aliphatic rings. The van der Waals surface area contributed by atoms with Gasteiger partial charge in [0, 0.05) is 30.5 Å². The van der Waals surface area contributed by atoms with Gasteiger partial charge in [-0.1, -0.05) is 30.2 Å². The summed E-state index contributed by atoms with van der Waals surface area (Å²) in [4.78, 5) is 13.9. The van der Waals surface area contributed by atoms with Gasteiger partial charge in [0.05, 0.1) is 24.0 Å². The van der Waals surface area contributed by atoms with Crippen LogP contribution in [-0.2, 0) is 9.53 Å². The number of para-hydroxylation sites is 1. The van der Waals surface area contributed by atoms with Crippen LogP contribution >= 0.6 is 24.4 Å². The van der Waals surface area contributed by atoms with Crippen molar-refractivity contribution in [3.05, 3.63) is 87.9 Å². The van der Waals surface area contributed by atoms with E-state index in [1.165, 1.54) is 0 Å². The Hall–Kier alpha value is -5.69. The lowest BCUT2D eigenvalue weighted by Crippen LogP contribution is -2.46. The Kier molecular flexibility index (Phi) is 10.2. The zero-order valence-electron chi connectivity index (χ0n) is 24.6. The monoisotopic (exact) mass is 645 g/mol. The van der Waals surface area contributed by atoms with E-state index in [0.717, 1.165) is 22.6 Å². The Morgan fingerprint density at radius 2 is 1.78 bits per heavy atom. The summed E-state index contributed by atoms with van der Waals surface area (Å²) < 4.78 is 16.3. The molecule has 0 saturated carbocycles. The van der Waals surface area contributed by atoms with Crippen LogP contribution in [0.2, 0.25) is 0 Å². The third-order valence-electron chi connectivity index (χ3n) is 7.13. The highest BCUT2D eigenvalue weighted by molar-refractivity contribution is 7.72. The summed E-state index contributed by atoms with van der Waals surface area (Å²) in [5, 5.41) is 16.4. The fraction of sp³-hybridized carbons (Fsp3) is 0.171. The normalized spacial score (nSPS) is 14.6. The first-order chi connectivity index (χ1) is 22.4. The van der Waals surface area contributed by atoms with Crippen molar-refractivity contribution in [2.45, 2.75) is 18.6 Å². The molecule has 1 aromatic heterocycles. The molecule has 2 atom stereocenters. The van der Waals surface area contributed by atoms with Gasteiger partial charge in [-0.2, -0.15) is 0 Å². The van der Waals surface area contributed by atoms with Crippen molar-refractivity contribution >= 4 is 41.8 Å². The number of anilines is 2. The summed E-state index contributed by atoms with van der Waals surface area (Å²) in [6, 6.07) is 22.0. The van der Waals surface area contributed by atoms with Crippen molar-refractivity contribution in [3.63, 3.8) is 0 Å². The molecule has 228 valence electrons. The number of carbonyl (C=O) groups is 1. The van der Waals surface area contributed by atoms with Gasteiger partial charge in [0.15, 0.2) is 11.5 Å². The Bertz CT molecular complexity index is 2110. The molecule has 3 N–H and O–H groups in total. The second-order valence-corrected chi connectivity index (χ2v) is 10.6. The molecule has 46 heavy (non-hydrogen) atoms. The number of H-pyrrole nitrogens is 1. The van der Waals surface area contributed by atoms with Gasteiger partial charge in [-0.25, -0.2) is 9.48 Å². The number of carboxylic acid groups (broad SMARTS) is 1. The van der Waals surface area contributed by atoms with Crippen LogP contribution in [0.5, 0.6) is 5.75 Å². The van der Waals surface area contributed by atoms with Gasteiger partial charge in [-0.05, 0) is 108 Å². The highest BCUT2D eigenvalue weighted by Crippen LogP contribution is 2.40. The molecule has 0 radical (unpaired) electrons. The minimum Gasteiger partial charge on any atom is -0.480 e. The second kappa shape index (κ2) is 14.9. The van der Waals surface area contributed by atoms with Crippen molar-refractivity contribution < 1.29 is 19.4 Å². The number of carboxylic acids is 1. The maximum Gasteiger partial charge on any atom is 0.326 e. The third kappa shape index (κ3) is 7.16. The third-order valence-corrected chi connectivity index (χ3v) is 7.76. The van der Waals surface area contributed by atoms with Crippen LogP contribution in [0.25, 0.3) is 11.4 Å². The zero-order chi connectivity index (χ0) is 32.5. The van der Waals surface area contributed by atoms with Gasteiger partial charge in [-0.15, -0.1) is 6.42 Å². The first-order valence-corrected chi connectivity index (χ1v) is 14.8. The number of fused-ring (bicyclic) bond motifs is 1. The second-order valence-electron chi connectivity index (χ2n) is 9.83. The number of methoxy groups -OCH3 is 1. The summed E-state index contributed by atoms with van der Waals surface area (Å²) in [6.07, 6.45) is 4.87. The first kappa shape index (κ1) is 31.7. The van der Waals surface area contributed by atoms with Crippen molar-refractivity contribution in [1.82, 2.24) is 14.3 Å². The van der Waals surface area contributed by atoms with Crippen LogP contribution in [0.3, 0.4) is 0 Å². The smallest absolute Gasteiger partial charge is 0.326 e. The lowest BCUT2D eigenvalue weighted by atomic mass is 9.92. The first-order valence-electron chi connectivity index (χ1n) is 14.0. The van der Waals surface area contributed by atoms with Gasteiger partial charge >= 0.3 is 5.97 Å². The number of nitrogens with one attached hydrogen (secondary N) is 2. The topological polar surface area (TPSA) is 96.7 Å². The van der Waals surface area contributed by atoms with Gasteiger partial charge in [0.25, 0.3) is 0 Å². The molecule has 2 heterocycles. The Morgan fingerprint density at radius 3 is 2.54 bits per heavy atom. The number of benzene rings is 3. The quantitative estimate of drug-likeness (QED) is 0.125. The fourth-order valence-electron chi connectivity index (χ4n) is 5.04. The highest BCUT2D eigenvalue weighted by Gasteiger charge is 2.36. The van der Waals surface area contributed by atoms with Crippen LogP contribution in [0.4, 0.5) is 11.4 Å². The molecule has 0 bridgehead atoms. The lowest BCUT2D eigenvalue weighted by Gasteiger charge is -2.38. The summed E-state index contributed by atoms with van der Waals surface area (Å²) in [5.74, 6) is 17.4. The average molecular weight is 646 g/mol. The number of nitrogens with zero attached hydrogens (tertiary/aromatic N) is 3. The summed E-state index contributed by atoms with van der Waals surface area (Å²) in [6.45, 7) is 0.315. The number of aromatic nitrogens is 3. The zero-order valence-corrected chi connectivity index (χ0v) is 26.2. The molecule has 5 rings (SSSR count). The number of aromatic amines is 1. The van der Waals surface area contributed by atoms with Crippen LogP contribution < -0.4 is 15.0 Å². The predicted octanol–water partition coefficient (Wildman–Crippen LogP) is 5.50. The molecular formula is C35H27N5O4S2. The molecule has 0 aliphatic carbocycles. The largest absolute Gasteiger partial charge is 0.480 e. The van der Waals surface area contributed by atoms with E-state index in [9.17, 15) is 9.90 Å². The minimum atomic E-state index is -0.966. The molecular weight excluding hydrogens is 619 g/mol. The Labute approximate surface area is 276 Å². The predicted molar refractivity (Wildman–Crippen MR) is 182 cm³/mol.